The van der Waals surface area contributed by atoms with Crippen LogP contribution in [0.4, 0.5) is 5.82 Å². The summed E-state index contributed by atoms with van der Waals surface area (Å²) in [5, 5.41) is 12.7. The highest BCUT2D eigenvalue weighted by Gasteiger charge is 2.21. The minimum atomic E-state index is -0.210. The van der Waals surface area contributed by atoms with E-state index in [0.717, 1.165) is 17.0 Å². The fourth-order valence-electron chi connectivity index (χ4n) is 2.57. The van der Waals surface area contributed by atoms with Gasteiger partial charge in [-0.2, -0.15) is 5.26 Å². The SMILES string of the molecule is CC(C)COCC(Nc1nc2c(cc1C#N)COC2)c1ccco1. The lowest BCUT2D eigenvalue weighted by atomic mass is 10.1. The lowest BCUT2D eigenvalue weighted by Crippen LogP contribution is -2.19. The van der Waals surface area contributed by atoms with Crippen molar-refractivity contribution in [2.75, 3.05) is 18.5 Å². The molecule has 0 saturated carbocycles. The first-order valence-electron chi connectivity index (χ1n) is 8.05. The second kappa shape index (κ2) is 7.47. The Morgan fingerprint density at radius 1 is 1.38 bits per heavy atom. The number of rotatable bonds is 7. The van der Waals surface area contributed by atoms with Crippen molar-refractivity contribution < 1.29 is 13.9 Å². The number of nitrogens with one attached hydrogen (secondary N) is 1. The Bertz CT molecular complexity index is 720. The van der Waals surface area contributed by atoms with Gasteiger partial charge in [0.25, 0.3) is 0 Å². The molecule has 126 valence electrons. The molecule has 1 atom stereocenters. The van der Waals surface area contributed by atoms with Gasteiger partial charge in [0.1, 0.15) is 23.7 Å². The topological polar surface area (TPSA) is 80.3 Å². The standard InChI is InChI=1S/C18H21N3O3/c1-12(2)8-22-11-16(17-4-3-5-24-17)21-18-13(7-19)6-14-9-23-10-15(14)20-18/h3-6,12,16H,8-11H2,1-2H3,(H,20,21). The summed E-state index contributed by atoms with van der Waals surface area (Å²) < 4.78 is 16.7. The van der Waals surface area contributed by atoms with Gasteiger partial charge in [0.15, 0.2) is 0 Å². The summed E-state index contributed by atoms with van der Waals surface area (Å²) in [7, 11) is 0. The van der Waals surface area contributed by atoms with Gasteiger partial charge in [-0.15, -0.1) is 0 Å². The molecule has 0 saturated heterocycles. The summed E-state index contributed by atoms with van der Waals surface area (Å²) in [5.74, 6) is 1.74. The summed E-state index contributed by atoms with van der Waals surface area (Å²) in [6.45, 7) is 6.29. The molecule has 0 aromatic carbocycles. The maximum Gasteiger partial charge on any atom is 0.145 e. The number of aromatic nitrogens is 1. The molecule has 1 unspecified atom stereocenters. The lowest BCUT2D eigenvalue weighted by Gasteiger charge is -2.19. The Morgan fingerprint density at radius 3 is 2.96 bits per heavy atom. The third kappa shape index (κ3) is 3.75. The number of hydrogen-bond donors (Lipinski definition) is 1. The van der Waals surface area contributed by atoms with Crippen molar-refractivity contribution in [3.63, 3.8) is 0 Å². The summed E-state index contributed by atoms with van der Waals surface area (Å²) >= 11 is 0. The number of hydrogen-bond acceptors (Lipinski definition) is 6. The zero-order valence-electron chi connectivity index (χ0n) is 13.9. The van der Waals surface area contributed by atoms with Crippen molar-refractivity contribution in [3.8, 4) is 6.07 Å². The van der Waals surface area contributed by atoms with E-state index < -0.39 is 0 Å². The largest absolute Gasteiger partial charge is 0.467 e. The highest BCUT2D eigenvalue weighted by Crippen LogP contribution is 2.27. The van der Waals surface area contributed by atoms with Gasteiger partial charge in [-0.1, -0.05) is 13.8 Å². The Balaban J connectivity index is 1.81. The number of pyridine rings is 1. The molecule has 3 rings (SSSR count). The van der Waals surface area contributed by atoms with Crippen LogP contribution in [-0.4, -0.2) is 18.2 Å². The molecule has 6 nitrogen and oxygen atoms in total. The van der Waals surface area contributed by atoms with Crippen LogP contribution >= 0.6 is 0 Å². The Labute approximate surface area is 141 Å². The Morgan fingerprint density at radius 2 is 2.25 bits per heavy atom. The average Bonchev–Trinajstić information content (AvgIpc) is 3.23. The summed E-state index contributed by atoms with van der Waals surface area (Å²) in [6.07, 6.45) is 1.63. The number of fused-ring (bicyclic) bond motifs is 1. The maximum absolute atomic E-state index is 9.42. The highest BCUT2D eigenvalue weighted by atomic mass is 16.5. The van der Waals surface area contributed by atoms with E-state index in [1.165, 1.54) is 0 Å². The normalized spacial score (nSPS) is 14.4. The van der Waals surface area contributed by atoms with E-state index in [2.05, 4.69) is 30.2 Å². The molecule has 1 N–H and O–H groups in total. The van der Waals surface area contributed by atoms with E-state index in [1.807, 2.05) is 18.2 Å². The molecule has 0 aliphatic carbocycles. The van der Waals surface area contributed by atoms with E-state index in [4.69, 9.17) is 13.9 Å². The molecule has 3 heterocycles. The molecule has 0 radical (unpaired) electrons. The van der Waals surface area contributed by atoms with Crippen molar-refractivity contribution >= 4 is 5.82 Å². The molecule has 0 bridgehead atoms. The van der Waals surface area contributed by atoms with Crippen LogP contribution in [0.2, 0.25) is 0 Å². The van der Waals surface area contributed by atoms with Crippen LogP contribution in [0.3, 0.4) is 0 Å². The minimum Gasteiger partial charge on any atom is -0.467 e. The molecule has 0 fully saturated rings. The van der Waals surface area contributed by atoms with Gasteiger partial charge < -0.3 is 19.2 Å². The lowest BCUT2D eigenvalue weighted by molar-refractivity contribution is 0.0979. The first-order chi connectivity index (χ1) is 11.7. The predicted octanol–water partition coefficient (Wildman–Crippen LogP) is 3.40. The highest BCUT2D eigenvalue weighted by molar-refractivity contribution is 5.55. The summed E-state index contributed by atoms with van der Waals surface area (Å²) in [6, 6.07) is 7.55. The van der Waals surface area contributed by atoms with E-state index in [0.29, 0.717) is 43.7 Å². The monoisotopic (exact) mass is 327 g/mol. The zero-order chi connectivity index (χ0) is 16.9. The van der Waals surface area contributed by atoms with E-state index >= 15 is 0 Å². The quantitative estimate of drug-likeness (QED) is 0.839. The number of nitriles is 1. The number of anilines is 1. The van der Waals surface area contributed by atoms with Crippen LogP contribution < -0.4 is 5.32 Å². The second-order valence-corrected chi connectivity index (χ2v) is 6.24. The third-order valence-corrected chi connectivity index (χ3v) is 3.74. The van der Waals surface area contributed by atoms with Crippen LogP contribution in [-0.2, 0) is 22.7 Å². The van der Waals surface area contributed by atoms with E-state index in [-0.39, 0.29) is 6.04 Å². The van der Waals surface area contributed by atoms with Crippen molar-refractivity contribution in [1.82, 2.24) is 4.98 Å². The van der Waals surface area contributed by atoms with Gasteiger partial charge in [0.05, 0.1) is 37.3 Å². The van der Waals surface area contributed by atoms with Crippen LogP contribution in [0.15, 0.2) is 28.9 Å². The zero-order valence-corrected chi connectivity index (χ0v) is 13.9. The summed E-state index contributed by atoms with van der Waals surface area (Å²) in [5.41, 5.74) is 2.35. The van der Waals surface area contributed by atoms with Crippen molar-refractivity contribution in [3.05, 3.63) is 47.0 Å². The average molecular weight is 327 g/mol. The molecular weight excluding hydrogens is 306 g/mol. The summed E-state index contributed by atoms with van der Waals surface area (Å²) in [4.78, 5) is 4.56. The van der Waals surface area contributed by atoms with Crippen LogP contribution in [0.25, 0.3) is 0 Å². The van der Waals surface area contributed by atoms with Crippen LogP contribution in [0.5, 0.6) is 0 Å². The van der Waals surface area contributed by atoms with Crippen LogP contribution in [0.1, 0.15) is 42.5 Å². The minimum absolute atomic E-state index is 0.210. The first kappa shape index (κ1) is 16.5. The Kier molecular flexibility index (Phi) is 5.14. The molecular formula is C18H21N3O3. The van der Waals surface area contributed by atoms with Gasteiger partial charge in [0, 0.05) is 12.2 Å². The molecule has 24 heavy (non-hydrogen) atoms. The molecule has 2 aromatic rings. The smallest absolute Gasteiger partial charge is 0.145 e. The van der Waals surface area contributed by atoms with E-state index in [9.17, 15) is 5.26 Å². The predicted molar refractivity (Wildman–Crippen MR) is 88.2 cm³/mol. The molecule has 0 amide bonds. The molecule has 6 heteroatoms. The van der Waals surface area contributed by atoms with Gasteiger partial charge in [-0.3, -0.25) is 0 Å². The fourth-order valence-corrected chi connectivity index (χ4v) is 2.57. The van der Waals surface area contributed by atoms with Gasteiger partial charge in [0.2, 0.25) is 0 Å². The van der Waals surface area contributed by atoms with E-state index in [1.54, 1.807) is 6.26 Å². The van der Waals surface area contributed by atoms with Gasteiger partial charge in [-0.05, 0) is 24.1 Å². The molecule has 1 aliphatic heterocycles. The molecule has 1 aliphatic rings. The van der Waals surface area contributed by atoms with Crippen LogP contribution in [0, 0.1) is 17.2 Å². The Hall–Kier alpha value is -2.36. The number of nitrogens with zero attached hydrogens (tertiary/aromatic N) is 2. The van der Waals surface area contributed by atoms with Gasteiger partial charge in [-0.25, -0.2) is 4.98 Å². The number of furan rings is 1. The first-order valence-corrected chi connectivity index (χ1v) is 8.05. The maximum atomic E-state index is 9.42. The van der Waals surface area contributed by atoms with Crippen molar-refractivity contribution in [2.24, 2.45) is 5.92 Å². The molecule has 2 aromatic heterocycles. The third-order valence-electron chi connectivity index (χ3n) is 3.74. The fraction of sp³-hybridized carbons (Fsp3) is 0.444. The number of ether oxygens (including phenoxy) is 2. The molecule has 0 spiro atoms. The van der Waals surface area contributed by atoms with Crippen molar-refractivity contribution in [2.45, 2.75) is 33.1 Å². The second-order valence-electron chi connectivity index (χ2n) is 6.24. The van der Waals surface area contributed by atoms with Crippen molar-refractivity contribution in [1.29, 1.82) is 5.26 Å². The van der Waals surface area contributed by atoms with Gasteiger partial charge >= 0.3 is 0 Å².